The molecule has 0 aliphatic carbocycles. The van der Waals surface area contributed by atoms with Crippen molar-refractivity contribution in [1.29, 1.82) is 0 Å². The van der Waals surface area contributed by atoms with Gasteiger partial charge in [0.05, 0.1) is 21.2 Å². The number of phenolic OH excluding ortho intramolecular Hbond substituents is 1. The van der Waals surface area contributed by atoms with Crippen molar-refractivity contribution in [2.75, 3.05) is 5.01 Å². The summed E-state index contributed by atoms with van der Waals surface area (Å²) < 4.78 is 65.6. The second-order valence-electron chi connectivity index (χ2n) is 6.23. The molecule has 2 aromatic rings. The molecule has 33 heavy (non-hydrogen) atoms. The van der Waals surface area contributed by atoms with Crippen LogP contribution in [0.2, 0.25) is 5.02 Å². The van der Waals surface area contributed by atoms with Gasteiger partial charge in [0.1, 0.15) is 15.8 Å². The van der Waals surface area contributed by atoms with Crippen molar-refractivity contribution in [3.63, 3.8) is 0 Å². The molecule has 1 atom stereocenters. The molecule has 1 aliphatic rings. The molecule has 2 aromatic carbocycles. The standard InChI is InChI=1S/C16H13ClN4O8S2.Cr.H2O/c1-8-14(19-18-12-5-9(17)6-13(15(12)22)31(27,28)29)16(23)21(20-8)10-3-2-4-11(7-10)30(24,25)26;;/h2-7,14,22H,1H3,(H,24,25,26)(H,27,28,29);;1H2/p-1. The molecule has 178 valence electrons. The molecule has 1 aliphatic heterocycles. The minimum Gasteiger partial charge on any atom is -0.870 e. The number of carbonyl (C=O) groups excluding carboxylic acids is 1. The fraction of sp³-hybridized carbons (Fsp3) is 0.125. The zero-order valence-electron chi connectivity index (χ0n) is 16.3. The normalized spacial score (nSPS) is 16.4. The van der Waals surface area contributed by atoms with Crippen LogP contribution in [0.25, 0.3) is 0 Å². The maximum Gasteiger partial charge on any atom is 0.449 e. The Morgan fingerprint density at radius 1 is 1.21 bits per heavy atom. The maximum atomic E-state index is 11.3. The summed E-state index contributed by atoms with van der Waals surface area (Å²) in [5.41, 5.74) is -0.138. The van der Waals surface area contributed by atoms with E-state index in [2.05, 4.69) is 15.3 Å². The number of anilines is 1. The molecule has 0 saturated carbocycles. The molecule has 13 nitrogen and oxygen atoms in total. The number of nitrogens with zero attached hydrogens (tertiary/aromatic N) is 4. The molecule has 0 saturated heterocycles. The number of hydrogen-bond acceptors (Lipinski definition) is 10. The van der Waals surface area contributed by atoms with Gasteiger partial charge in [-0.05, 0) is 37.3 Å². The van der Waals surface area contributed by atoms with E-state index in [1.807, 2.05) is 0 Å². The van der Waals surface area contributed by atoms with E-state index in [0.717, 1.165) is 29.3 Å². The fourth-order valence-corrected chi connectivity index (χ4v) is 4.02. The number of aromatic hydroxyl groups is 1. The van der Waals surface area contributed by atoms with E-state index in [4.69, 9.17) is 11.6 Å². The van der Waals surface area contributed by atoms with Crippen molar-refractivity contribution in [1.82, 2.24) is 0 Å². The van der Waals surface area contributed by atoms with E-state index in [1.54, 1.807) is 0 Å². The van der Waals surface area contributed by atoms with Crippen molar-refractivity contribution >= 4 is 54.8 Å². The number of phenols is 1. The van der Waals surface area contributed by atoms with Gasteiger partial charge in [-0.15, -0.1) is 0 Å². The molecule has 0 radical (unpaired) electrons. The summed E-state index contributed by atoms with van der Waals surface area (Å²) in [4.78, 5) is 9.07. The van der Waals surface area contributed by atoms with Crippen LogP contribution in [0.3, 0.4) is 0 Å². The van der Waals surface area contributed by atoms with E-state index >= 15 is 0 Å². The molecule has 1 heterocycles. The molecule has 3 rings (SSSR count). The second-order valence-corrected chi connectivity index (χ2v) is 9.43. The quantitative estimate of drug-likeness (QED) is 0.312. The number of azo groups is 1. The zero-order valence-corrected chi connectivity index (χ0v) is 19.9. The van der Waals surface area contributed by atoms with Gasteiger partial charge in [-0.1, -0.05) is 17.7 Å². The van der Waals surface area contributed by atoms with E-state index in [-0.39, 0.29) is 39.3 Å². The van der Waals surface area contributed by atoms with Crippen molar-refractivity contribution in [3.8, 4) is 5.75 Å². The van der Waals surface area contributed by atoms with Gasteiger partial charge in [-0.3, -0.25) is 9.35 Å². The number of rotatable bonds is 5. The Hall–Kier alpha value is -2.42. The summed E-state index contributed by atoms with van der Waals surface area (Å²) in [7, 11) is -9.53. The predicted molar refractivity (Wildman–Crippen MR) is 110 cm³/mol. The Balaban J connectivity index is 0.00000272. The minimum atomic E-state index is -5.04. The fourth-order valence-electron chi connectivity index (χ4n) is 2.61. The molecule has 0 bridgehead atoms. The largest absolute Gasteiger partial charge is 0.870 e. The molecule has 17 heteroatoms. The molecule has 4 N–H and O–H groups in total. The third kappa shape index (κ3) is 6.13. The van der Waals surface area contributed by atoms with Crippen molar-refractivity contribution < 1.29 is 58.7 Å². The van der Waals surface area contributed by atoms with E-state index in [9.17, 15) is 35.8 Å². The maximum absolute atomic E-state index is 11.3. The van der Waals surface area contributed by atoms with Crippen LogP contribution >= 0.6 is 11.6 Å². The smallest absolute Gasteiger partial charge is 0.449 e. The topological polar surface area (TPSA) is 224 Å². The number of halogens is 1. The van der Waals surface area contributed by atoms with Crippen LogP contribution in [0.1, 0.15) is 6.92 Å². The van der Waals surface area contributed by atoms with Gasteiger partial charge >= 0.3 is 5.91 Å². The average Bonchev–Trinajstić information content (AvgIpc) is 2.94. The van der Waals surface area contributed by atoms with Crippen LogP contribution in [-0.4, -0.2) is 59.0 Å². The van der Waals surface area contributed by atoms with Gasteiger partial charge in [0.25, 0.3) is 10.1 Å². The molecule has 0 spiro atoms. The third-order valence-electron chi connectivity index (χ3n) is 4.04. The minimum absolute atomic E-state index is 0. The van der Waals surface area contributed by atoms with Crippen LogP contribution in [0, 0.1) is 0 Å². The van der Waals surface area contributed by atoms with Crippen LogP contribution in [0.15, 0.2) is 61.5 Å². The number of hydrazone groups is 1. The van der Waals surface area contributed by atoms with Crippen molar-refractivity contribution in [3.05, 3.63) is 41.4 Å². The average molecular weight is 558 g/mol. The summed E-state index contributed by atoms with van der Waals surface area (Å²) in [5, 5.41) is 22.3. The second kappa shape index (κ2) is 10.2. The van der Waals surface area contributed by atoms with E-state index in [0.29, 0.717) is 0 Å². The summed E-state index contributed by atoms with van der Waals surface area (Å²) in [6.45, 7) is 1.47. The SMILES string of the molecule is CC1=NN(c2cccc(S(=O)(=O)O)c2)C(=[OH+])C1N=Nc1cc(Cl)cc(S(=O)(=O)[O-])c1O.[Cr].[OH-]. The molecule has 0 fully saturated rings. The first-order valence-corrected chi connectivity index (χ1v) is 11.4. The number of benzene rings is 2. The van der Waals surface area contributed by atoms with Crippen LogP contribution in [-0.2, 0) is 37.6 Å². The zero-order chi connectivity index (χ0) is 23.1. The Kier molecular flexibility index (Phi) is 8.88. The monoisotopic (exact) mass is 557 g/mol. The van der Waals surface area contributed by atoms with Gasteiger partial charge in [-0.2, -0.15) is 28.8 Å². The summed E-state index contributed by atoms with van der Waals surface area (Å²) in [5.74, 6) is -1.46. The summed E-state index contributed by atoms with van der Waals surface area (Å²) in [6.07, 6.45) is 0. The third-order valence-corrected chi connectivity index (χ3v) is 5.96. The number of hydrogen-bond donors (Lipinski definition) is 2. The summed E-state index contributed by atoms with van der Waals surface area (Å²) in [6, 6.07) is 5.57. The molecule has 1 unspecified atom stereocenters. The van der Waals surface area contributed by atoms with Gasteiger partial charge in [0.15, 0.2) is 5.75 Å². The van der Waals surface area contributed by atoms with Gasteiger partial charge in [0.2, 0.25) is 6.04 Å². The summed E-state index contributed by atoms with van der Waals surface area (Å²) >= 11 is 5.76. The number of amides is 1. The first-order valence-electron chi connectivity index (χ1n) is 8.17. The first kappa shape index (κ1) is 28.6. The van der Waals surface area contributed by atoms with Crippen LogP contribution in [0.4, 0.5) is 11.4 Å². The van der Waals surface area contributed by atoms with Gasteiger partial charge in [0, 0.05) is 22.4 Å². The molecule has 0 aromatic heterocycles. The predicted octanol–water partition coefficient (Wildman–Crippen LogP) is 1.87. The molecular formula is C16H14ClCrN4O9S2-. The first-order chi connectivity index (χ1) is 14.3. The van der Waals surface area contributed by atoms with Crippen molar-refractivity contribution in [2.24, 2.45) is 15.3 Å². The van der Waals surface area contributed by atoms with Gasteiger partial charge in [-0.25, -0.2) is 8.42 Å². The van der Waals surface area contributed by atoms with E-state index < -0.39 is 53.4 Å². The Morgan fingerprint density at radius 3 is 2.42 bits per heavy atom. The van der Waals surface area contributed by atoms with Crippen LogP contribution in [0.5, 0.6) is 5.75 Å². The molecular weight excluding hydrogens is 544 g/mol. The Morgan fingerprint density at radius 2 is 1.85 bits per heavy atom. The van der Waals surface area contributed by atoms with Gasteiger partial charge < -0.3 is 15.1 Å². The Bertz CT molecular complexity index is 1360. The van der Waals surface area contributed by atoms with Crippen molar-refractivity contribution in [2.45, 2.75) is 22.8 Å². The molecule has 1 amide bonds. The van der Waals surface area contributed by atoms with E-state index in [1.165, 1.54) is 19.1 Å². The Labute approximate surface area is 203 Å². The van der Waals surface area contributed by atoms with Crippen LogP contribution < -0.4 is 5.01 Å².